The van der Waals surface area contributed by atoms with E-state index < -0.39 is 33.4 Å². The number of nitrogens with zero attached hydrogens (tertiary/aromatic N) is 5. The Balaban J connectivity index is 0.000000698. The summed E-state index contributed by atoms with van der Waals surface area (Å²) in [7, 11) is 1.89. The van der Waals surface area contributed by atoms with Crippen LogP contribution in [0, 0.1) is 41.2 Å². The summed E-state index contributed by atoms with van der Waals surface area (Å²) in [5, 5.41) is 13.1. The Morgan fingerprint density at radius 3 is 1.67 bits per heavy atom. The molecule has 0 saturated heterocycles. The van der Waals surface area contributed by atoms with E-state index in [9.17, 15) is 9.65 Å². The second-order valence-corrected chi connectivity index (χ2v) is 12.7. The van der Waals surface area contributed by atoms with Gasteiger partial charge in [0.05, 0.1) is 23.2 Å². The van der Waals surface area contributed by atoms with Gasteiger partial charge in [-0.1, -0.05) is 26.0 Å². The van der Waals surface area contributed by atoms with Crippen molar-refractivity contribution < 1.29 is 28.9 Å². The van der Waals surface area contributed by atoms with Gasteiger partial charge in [0.1, 0.15) is 0 Å². The molecule has 3 aromatic carbocycles. The maximum absolute atomic E-state index is 15.2. The zero-order chi connectivity index (χ0) is 34.5. The van der Waals surface area contributed by atoms with Crippen LogP contribution >= 0.6 is 0 Å². The molecular formula is C41H36F2IrN5. The van der Waals surface area contributed by atoms with Crippen LogP contribution in [0.3, 0.4) is 0 Å². The number of pyridine rings is 2. The van der Waals surface area contributed by atoms with E-state index in [2.05, 4.69) is 56.2 Å². The molecule has 0 atom stereocenters. The number of aryl methyl sites for hydroxylation is 1. The summed E-state index contributed by atoms with van der Waals surface area (Å²) in [6, 6.07) is 41.4. The van der Waals surface area contributed by atoms with E-state index in [1.807, 2.05) is 86.0 Å². The Hall–Kier alpha value is -4.83. The minimum atomic E-state index is -0.990. The Morgan fingerprint density at radius 2 is 1.22 bits per heavy atom. The molecule has 0 unspecified atom stereocenters. The summed E-state index contributed by atoms with van der Waals surface area (Å²) in [5.41, 5.74) is 2.14. The molecule has 6 aromatic rings. The number of rotatable bonds is 7. The topological polar surface area (TPSA) is 67.4 Å². The molecule has 8 heteroatoms. The van der Waals surface area contributed by atoms with Gasteiger partial charge in [0.25, 0.3) is 0 Å². The summed E-state index contributed by atoms with van der Waals surface area (Å²) in [5.74, 6) is -1.85. The van der Waals surface area contributed by atoms with E-state index in [-0.39, 0.29) is 25.7 Å². The zero-order valence-electron chi connectivity index (χ0n) is 28.2. The Morgan fingerprint density at radius 1 is 0.694 bits per heavy atom. The third-order valence-corrected chi connectivity index (χ3v) is 8.82. The van der Waals surface area contributed by atoms with Gasteiger partial charge in [-0.25, -0.2) is 0 Å². The molecule has 0 aliphatic rings. The van der Waals surface area contributed by atoms with Gasteiger partial charge in [0.15, 0.2) is 0 Å². The van der Waals surface area contributed by atoms with Crippen molar-refractivity contribution in [2.24, 2.45) is 7.05 Å². The third-order valence-electron chi connectivity index (χ3n) is 8.82. The SMILES string of the molecule is CC(C)(c1cccc(C(C)(C)c2[c-]cc(F)c(C#N)c2F)n1)c1cccc(C(C)(c2[c-]cccc2)c2[c-]cccc2)n1.Cn1cccn1.[Ir+3]. The van der Waals surface area contributed by atoms with Crippen LogP contribution in [-0.4, -0.2) is 19.7 Å². The second-order valence-electron chi connectivity index (χ2n) is 12.7. The Labute approximate surface area is 301 Å². The van der Waals surface area contributed by atoms with Gasteiger partial charge in [0.2, 0.25) is 0 Å². The number of hydrogen-bond donors (Lipinski definition) is 0. The second kappa shape index (κ2) is 15.2. The average Bonchev–Trinajstić information content (AvgIpc) is 3.60. The summed E-state index contributed by atoms with van der Waals surface area (Å²) in [6.45, 7) is 9.82. The molecule has 0 radical (unpaired) electrons. The molecule has 5 nitrogen and oxygen atoms in total. The smallest absolute Gasteiger partial charge is 0.283 e. The van der Waals surface area contributed by atoms with Gasteiger partial charge in [-0.05, 0) is 51.1 Å². The first kappa shape index (κ1) is 37.0. The first-order valence-electron chi connectivity index (χ1n) is 15.5. The molecule has 0 fully saturated rings. The van der Waals surface area contributed by atoms with Gasteiger partial charge in [-0.15, -0.1) is 22.8 Å². The number of aromatic nitrogens is 4. The molecule has 0 saturated carbocycles. The van der Waals surface area contributed by atoms with Crippen molar-refractivity contribution in [2.75, 3.05) is 0 Å². The summed E-state index contributed by atoms with van der Waals surface area (Å²) in [4.78, 5) is 10.2. The van der Waals surface area contributed by atoms with E-state index in [4.69, 9.17) is 9.97 Å². The molecule has 0 amide bonds. The molecule has 49 heavy (non-hydrogen) atoms. The fourth-order valence-corrected chi connectivity index (χ4v) is 5.68. The summed E-state index contributed by atoms with van der Waals surface area (Å²) in [6.07, 6.45) is 3.64. The molecule has 6 rings (SSSR count). The first-order valence-corrected chi connectivity index (χ1v) is 15.5. The zero-order valence-corrected chi connectivity index (χ0v) is 30.6. The molecule has 248 valence electrons. The predicted octanol–water partition coefficient (Wildman–Crippen LogP) is 8.45. The molecule has 0 N–H and O–H groups in total. The van der Waals surface area contributed by atoms with Crippen LogP contribution in [0.2, 0.25) is 0 Å². The quantitative estimate of drug-likeness (QED) is 0.152. The number of nitriles is 1. The van der Waals surface area contributed by atoms with Gasteiger partial charge < -0.3 is 0 Å². The summed E-state index contributed by atoms with van der Waals surface area (Å²) < 4.78 is 31.0. The van der Waals surface area contributed by atoms with Gasteiger partial charge >= 0.3 is 20.1 Å². The van der Waals surface area contributed by atoms with Crippen molar-refractivity contribution in [3.05, 3.63) is 184 Å². The minimum absolute atomic E-state index is 0. The monoisotopic (exact) mass is 829 g/mol. The van der Waals surface area contributed by atoms with Crippen LogP contribution in [0.1, 0.15) is 79.6 Å². The van der Waals surface area contributed by atoms with Crippen molar-refractivity contribution in [1.29, 1.82) is 5.26 Å². The van der Waals surface area contributed by atoms with Crippen molar-refractivity contribution in [2.45, 2.75) is 50.9 Å². The predicted molar refractivity (Wildman–Crippen MR) is 182 cm³/mol. The maximum Gasteiger partial charge on any atom is 3.00 e. The average molecular weight is 829 g/mol. The number of halogens is 2. The molecule has 0 aliphatic heterocycles. The standard InChI is InChI=1S/C37H30F2N3.C4H6N2.Ir/c1-35(2,28-22-23-29(38)27(24-40)34(28)39)30-18-12-19-31(41-30)36(3,4)32-20-13-21-33(42-32)37(5,25-14-8-6-9-15-25)26-16-10-7-11-17-26;1-6-4-2-3-5-6;/h6-14,16,18-21,23H,1-5H3;2-4H,1H3;/q-3;;+3. The summed E-state index contributed by atoms with van der Waals surface area (Å²) >= 11 is 0. The van der Waals surface area contributed by atoms with Gasteiger partial charge in [-0.2, -0.15) is 77.1 Å². The van der Waals surface area contributed by atoms with E-state index in [0.717, 1.165) is 34.3 Å². The fraction of sp³-hybridized carbons (Fsp3) is 0.220. The van der Waals surface area contributed by atoms with Crippen LogP contribution in [0.5, 0.6) is 0 Å². The first-order chi connectivity index (χ1) is 22.9. The molecule has 3 heterocycles. The van der Waals surface area contributed by atoms with E-state index >= 15 is 4.39 Å². The minimum Gasteiger partial charge on any atom is -0.283 e. The normalized spacial score (nSPS) is 11.5. The van der Waals surface area contributed by atoms with Crippen LogP contribution in [-0.2, 0) is 43.4 Å². The maximum atomic E-state index is 15.2. The van der Waals surface area contributed by atoms with Crippen LogP contribution < -0.4 is 0 Å². The number of hydrogen-bond acceptors (Lipinski definition) is 4. The van der Waals surface area contributed by atoms with Crippen molar-refractivity contribution in [3.8, 4) is 6.07 Å². The van der Waals surface area contributed by atoms with Gasteiger partial charge in [-0.3, -0.25) is 23.4 Å². The molecule has 0 spiro atoms. The van der Waals surface area contributed by atoms with E-state index in [1.54, 1.807) is 36.9 Å². The molecule has 3 aromatic heterocycles. The largest absolute Gasteiger partial charge is 3.00 e. The van der Waals surface area contributed by atoms with Crippen LogP contribution in [0.15, 0.2) is 109 Å². The molecule has 0 bridgehead atoms. The van der Waals surface area contributed by atoms with Crippen molar-refractivity contribution in [3.63, 3.8) is 0 Å². The molecular weight excluding hydrogens is 793 g/mol. The van der Waals surface area contributed by atoms with E-state index in [1.165, 1.54) is 0 Å². The number of benzene rings is 3. The Bertz CT molecular complexity index is 2000. The van der Waals surface area contributed by atoms with Crippen molar-refractivity contribution in [1.82, 2.24) is 19.7 Å². The Kier molecular flexibility index (Phi) is 11.4. The van der Waals surface area contributed by atoms with E-state index in [0.29, 0.717) is 5.69 Å². The van der Waals surface area contributed by atoms with Gasteiger partial charge in [0, 0.05) is 58.6 Å². The molecule has 0 aliphatic carbocycles. The van der Waals surface area contributed by atoms with Crippen LogP contribution in [0.25, 0.3) is 0 Å². The third kappa shape index (κ3) is 7.44. The fourth-order valence-electron chi connectivity index (χ4n) is 5.68. The van der Waals surface area contributed by atoms with Crippen LogP contribution in [0.4, 0.5) is 8.78 Å². The van der Waals surface area contributed by atoms with Crippen molar-refractivity contribution >= 4 is 0 Å².